The number of nitrogens with zero attached hydrogens (tertiary/aromatic N) is 1. The molecule has 5 aromatic carbocycles. The number of ketones is 3. The molecule has 352 valence electrons. The Bertz CT molecular complexity index is 2650. The number of benzene rings is 5. The number of ether oxygens (including phenoxy) is 4. The van der Waals surface area contributed by atoms with Crippen molar-refractivity contribution in [3.63, 3.8) is 0 Å². The largest absolute Gasteiger partial charge is 0.508 e. The molecule has 1 fully saturated rings. The molecule has 6 atom stereocenters. The lowest BCUT2D eigenvalue weighted by atomic mass is 9.72. The topological polar surface area (TPSA) is 239 Å². The van der Waals surface area contributed by atoms with E-state index in [1.807, 2.05) is 49.3 Å². The van der Waals surface area contributed by atoms with Gasteiger partial charge < -0.3 is 55.3 Å². The average molecular weight is 917 g/mol. The van der Waals surface area contributed by atoms with Gasteiger partial charge in [-0.15, -0.1) is 0 Å². The first kappa shape index (κ1) is 48.5. The number of aromatic hydroxyl groups is 3. The molecule has 0 spiro atoms. The summed E-state index contributed by atoms with van der Waals surface area (Å²) in [6.45, 7) is 3.28. The number of allylic oxidation sites excluding steroid dienone is 1. The van der Waals surface area contributed by atoms with Crippen molar-refractivity contribution < 1.29 is 64.0 Å². The Balaban J connectivity index is 0.000000210. The molecule has 1 saturated heterocycles. The zero-order chi connectivity index (χ0) is 48.3. The van der Waals surface area contributed by atoms with Crippen LogP contribution in [0.4, 0.5) is 0 Å². The van der Waals surface area contributed by atoms with Crippen molar-refractivity contribution in [3.8, 4) is 28.7 Å². The lowest BCUT2D eigenvalue weighted by Crippen LogP contribution is -2.53. The van der Waals surface area contributed by atoms with Gasteiger partial charge in [0.25, 0.3) is 0 Å². The van der Waals surface area contributed by atoms with Gasteiger partial charge in [-0.3, -0.25) is 19.3 Å². The van der Waals surface area contributed by atoms with Crippen LogP contribution >= 0.6 is 0 Å². The Kier molecular flexibility index (Phi) is 14.6. The summed E-state index contributed by atoms with van der Waals surface area (Å²) in [6.07, 6.45) is -4.22. The van der Waals surface area contributed by atoms with E-state index in [1.54, 1.807) is 19.1 Å². The Morgan fingerprint density at radius 2 is 1.49 bits per heavy atom. The van der Waals surface area contributed by atoms with Gasteiger partial charge in [0.2, 0.25) is 5.78 Å². The number of hydrogen-bond donors (Lipinski definition) is 7. The van der Waals surface area contributed by atoms with Gasteiger partial charge in [0.1, 0.15) is 47.7 Å². The molecule has 0 radical (unpaired) electrons. The third-order valence-electron chi connectivity index (χ3n) is 12.4. The number of aliphatic hydroxyl groups excluding tert-OH is 2. The van der Waals surface area contributed by atoms with Crippen LogP contribution in [0.5, 0.6) is 28.7 Å². The molecule has 8 rings (SSSR count). The molecule has 1 heterocycles. The van der Waals surface area contributed by atoms with Crippen LogP contribution < -0.4 is 15.2 Å². The smallest absolute Gasteiger partial charge is 0.202 e. The summed E-state index contributed by atoms with van der Waals surface area (Å²) >= 11 is 0. The number of phenols is 3. The van der Waals surface area contributed by atoms with E-state index in [0.29, 0.717) is 6.73 Å². The van der Waals surface area contributed by atoms with Crippen LogP contribution in [0.1, 0.15) is 98.9 Å². The van der Waals surface area contributed by atoms with Gasteiger partial charge in [-0.25, -0.2) is 0 Å². The normalized spacial score (nSPS) is 22.4. The summed E-state index contributed by atoms with van der Waals surface area (Å²) in [4.78, 5) is 41.7. The van der Waals surface area contributed by atoms with Crippen LogP contribution in [0.2, 0.25) is 0 Å². The Morgan fingerprint density at radius 3 is 2.09 bits per heavy atom. The SMILES string of the molecule is CC/C(=C(/c1ccc(O)cc1)c1ccc(OCN(C)C)cc1)c1ccccc1.COc1cccc2c1C(=O)c1c(O)c3c(c(O)c1C2=O)C[C@@](O)(C(=O)CO)C[C@@H]3O[C@H]1C[C@H](N)[C@H](O)[C@H](C)O1. The number of fused-ring (bicyclic) bond motifs is 3. The van der Waals surface area contributed by atoms with E-state index < -0.39 is 95.7 Å². The fraction of sp³-hybridized carbons (Fsp3) is 0.327. The Labute approximate surface area is 388 Å². The molecule has 0 bridgehead atoms. The fourth-order valence-electron chi connectivity index (χ4n) is 8.98. The number of aliphatic hydroxyl groups is 3. The lowest BCUT2D eigenvalue weighted by Gasteiger charge is -2.42. The van der Waals surface area contributed by atoms with Crippen molar-refractivity contribution in [1.82, 2.24) is 4.90 Å². The van der Waals surface area contributed by atoms with Gasteiger partial charge >= 0.3 is 0 Å². The standard InChI is InChI=1S/C27H29NO11.C25H27NO2/c1-10-22(31)13(28)6-17(38-10)39-15-8-27(36,16(30)9-29)7-12-19(15)26(35)21-20(24(12)33)23(32)11-4-3-5-14(37-2)18(11)25(21)34;1-4-24(19-8-6-5-7-9-19)25(20-10-14-22(27)15-11-20)21-12-16-23(17-13-21)28-18-26(2)3/h3-5,10,13,15,17,22,29,31,33,35-36H,6-9,28H2,1-2H3;5-17,27H,4,18H2,1-3H3/b;25-24+/t10-,13-,15-,17-,22+,27-;/m0./s1. The summed E-state index contributed by atoms with van der Waals surface area (Å²) in [5.74, 6) is -2.66. The zero-order valence-corrected chi connectivity index (χ0v) is 37.9. The third-order valence-corrected chi connectivity index (χ3v) is 12.4. The van der Waals surface area contributed by atoms with Gasteiger partial charge in [-0.2, -0.15) is 0 Å². The second-order valence-corrected chi connectivity index (χ2v) is 17.2. The first-order chi connectivity index (χ1) is 32.0. The third kappa shape index (κ3) is 9.71. The summed E-state index contributed by atoms with van der Waals surface area (Å²) in [5.41, 5.74) is 8.24. The summed E-state index contributed by atoms with van der Waals surface area (Å²) in [5, 5.41) is 63.4. The number of methoxy groups -OCH3 is 1. The van der Waals surface area contributed by atoms with Gasteiger partial charge in [0.05, 0.1) is 42.1 Å². The minimum atomic E-state index is -2.24. The van der Waals surface area contributed by atoms with E-state index in [0.717, 1.165) is 23.3 Å². The number of hydrogen-bond acceptors (Lipinski definition) is 15. The molecular formula is C52H56N2O13. The molecule has 15 heteroatoms. The Morgan fingerprint density at radius 1 is 0.851 bits per heavy atom. The highest BCUT2D eigenvalue weighted by Gasteiger charge is 2.50. The van der Waals surface area contributed by atoms with Crippen molar-refractivity contribution in [2.45, 2.75) is 75.8 Å². The van der Waals surface area contributed by atoms with E-state index in [1.165, 1.54) is 42.0 Å². The maximum atomic E-state index is 13.6. The fourth-order valence-corrected chi connectivity index (χ4v) is 8.98. The minimum Gasteiger partial charge on any atom is -0.508 e. The van der Waals surface area contributed by atoms with Crippen molar-refractivity contribution in [2.24, 2.45) is 5.73 Å². The highest BCUT2D eigenvalue weighted by Crippen LogP contribution is 2.52. The number of carbonyl (C=O) groups is 3. The van der Waals surface area contributed by atoms with Gasteiger partial charge in [0.15, 0.2) is 17.9 Å². The monoisotopic (exact) mass is 916 g/mol. The molecule has 0 amide bonds. The van der Waals surface area contributed by atoms with Crippen LogP contribution in [0, 0.1) is 0 Å². The molecule has 67 heavy (non-hydrogen) atoms. The summed E-state index contributed by atoms with van der Waals surface area (Å²) in [7, 11) is 5.28. The number of rotatable bonds is 12. The lowest BCUT2D eigenvalue weighted by molar-refractivity contribution is -0.247. The highest BCUT2D eigenvalue weighted by molar-refractivity contribution is 6.31. The van der Waals surface area contributed by atoms with Crippen molar-refractivity contribution in [2.75, 3.05) is 34.5 Å². The quantitative estimate of drug-likeness (QED) is 0.0446. The predicted molar refractivity (Wildman–Crippen MR) is 248 cm³/mol. The molecule has 0 aromatic heterocycles. The molecule has 2 aliphatic carbocycles. The maximum absolute atomic E-state index is 13.6. The second-order valence-electron chi connectivity index (χ2n) is 17.2. The van der Waals surface area contributed by atoms with Crippen molar-refractivity contribution in [3.05, 3.63) is 147 Å². The van der Waals surface area contributed by atoms with Crippen LogP contribution in [-0.4, -0.2) is 118 Å². The maximum Gasteiger partial charge on any atom is 0.202 e. The Hall–Kier alpha value is -6.43. The number of phenolic OH excluding ortho intramolecular Hbond substituents is 3. The summed E-state index contributed by atoms with van der Waals surface area (Å²) < 4.78 is 22.8. The van der Waals surface area contributed by atoms with Gasteiger partial charge in [0, 0.05) is 42.0 Å². The molecule has 3 aliphatic rings. The average Bonchev–Trinajstić information content (AvgIpc) is 3.32. The molecule has 1 aliphatic heterocycles. The van der Waals surface area contributed by atoms with Crippen molar-refractivity contribution in [1.29, 1.82) is 0 Å². The molecule has 15 nitrogen and oxygen atoms in total. The highest BCUT2D eigenvalue weighted by atomic mass is 16.7. The van der Waals surface area contributed by atoms with E-state index in [9.17, 15) is 45.0 Å². The zero-order valence-electron chi connectivity index (χ0n) is 37.9. The summed E-state index contributed by atoms with van der Waals surface area (Å²) in [6, 6.07) is 29.7. The molecule has 8 N–H and O–H groups in total. The minimum absolute atomic E-state index is 0.0173. The molecule has 0 saturated carbocycles. The second kappa shape index (κ2) is 20.2. The first-order valence-corrected chi connectivity index (χ1v) is 22.0. The van der Waals surface area contributed by atoms with E-state index in [-0.39, 0.29) is 40.2 Å². The van der Waals surface area contributed by atoms with Gasteiger partial charge in [-0.1, -0.05) is 73.7 Å². The van der Waals surface area contributed by atoms with Crippen molar-refractivity contribution >= 4 is 28.5 Å². The first-order valence-electron chi connectivity index (χ1n) is 22.0. The van der Waals surface area contributed by atoms with Crippen LogP contribution in [0.25, 0.3) is 11.1 Å². The number of carbonyl (C=O) groups excluding carboxylic acids is 3. The van der Waals surface area contributed by atoms with E-state index >= 15 is 0 Å². The van der Waals surface area contributed by atoms with Crippen LogP contribution in [0.15, 0.2) is 97.1 Å². The number of nitrogens with two attached hydrogens (primary N) is 1. The van der Waals surface area contributed by atoms with Gasteiger partial charge in [-0.05, 0) is 85.6 Å². The molecule has 5 aromatic rings. The van der Waals surface area contributed by atoms with E-state index in [4.69, 9.17) is 24.7 Å². The predicted octanol–water partition coefficient (Wildman–Crippen LogP) is 5.66. The van der Waals surface area contributed by atoms with E-state index in [2.05, 4.69) is 43.3 Å². The molecular weight excluding hydrogens is 861 g/mol. The number of Topliss-reactive ketones (excluding diaryl/α,β-unsaturated/α-hetero) is 1. The molecule has 0 unspecified atom stereocenters. The van der Waals surface area contributed by atoms with Crippen LogP contribution in [0.3, 0.4) is 0 Å². The van der Waals surface area contributed by atoms with Crippen LogP contribution in [-0.2, 0) is 20.7 Å².